The highest BCUT2D eigenvalue weighted by Gasteiger charge is 1.99. The van der Waals surface area contributed by atoms with E-state index in [0.29, 0.717) is 6.42 Å². The second-order valence-electron chi connectivity index (χ2n) is 5.82. The maximum atomic E-state index is 10.8. The molecule has 0 fully saturated rings. The van der Waals surface area contributed by atoms with Crippen LogP contribution in [-0.4, -0.2) is 5.97 Å². The lowest BCUT2D eigenvalue weighted by Crippen LogP contribution is -2.08. The fourth-order valence-corrected chi connectivity index (χ4v) is 2.40. The standard InChI is InChI=1S/C18H35NO2.ClH/c1-2-3-4-5-6-7-8-9-10-11-12-13-14-15-16-17-18(20)21-19;/h9-10H,2-8,11-17,19H2,1H3;1H/b10-9-;. The Labute approximate surface area is 143 Å². The number of hydrogen-bond donors (Lipinski definition) is 1. The molecule has 0 aromatic rings. The zero-order valence-corrected chi connectivity index (χ0v) is 15.2. The van der Waals surface area contributed by atoms with Crippen molar-refractivity contribution >= 4 is 18.4 Å². The third-order valence-electron chi connectivity index (χ3n) is 3.77. The summed E-state index contributed by atoms with van der Waals surface area (Å²) in [6.45, 7) is 2.26. The molecule has 0 radical (unpaired) electrons. The first kappa shape index (κ1) is 23.7. The lowest BCUT2D eigenvalue weighted by molar-refractivity contribution is -0.144. The van der Waals surface area contributed by atoms with Gasteiger partial charge in [0, 0.05) is 6.42 Å². The predicted molar refractivity (Wildman–Crippen MR) is 97.0 cm³/mol. The second kappa shape index (κ2) is 20.5. The van der Waals surface area contributed by atoms with E-state index in [2.05, 4.69) is 23.9 Å². The van der Waals surface area contributed by atoms with E-state index >= 15 is 0 Å². The van der Waals surface area contributed by atoms with Gasteiger partial charge in [-0.1, -0.05) is 70.4 Å². The number of allylic oxidation sites excluding steroid dienone is 2. The highest BCUT2D eigenvalue weighted by Crippen LogP contribution is 2.09. The van der Waals surface area contributed by atoms with E-state index in [1.807, 2.05) is 0 Å². The van der Waals surface area contributed by atoms with Crippen molar-refractivity contribution in [3.63, 3.8) is 0 Å². The number of nitrogens with two attached hydrogens (primary N) is 1. The highest BCUT2D eigenvalue weighted by molar-refractivity contribution is 5.85. The summed E-state index contributed by atoms with van der Waals surface area (Å²) in [6, 6.07) is 0. The topological polar surface area (TPSA) is 52.3 Å². The normalized spacial score (nSPS) is 10.6. The van der Waals surface area contributed by atoms with Crippen molar-refractivity contribution in [3.8, 4) is 0 Å². The average Bonchev–Trinajstić information content (AvgIpc) is 2.50. The molecule has 0 atom stereocenters. The molecule has 0 rings (SSSR count). The third-order valence-corrected chi connectivity index (χ3v) is 3.77. The minimum Gasteiger partial charge on any atom is -0.373 e. The van der Waals surface area contributed by atoms with Crippen LogP contribution in [0.5, 0.6) is 0 Å². The van der Waals surface area contributed by atoms with Crippen molar-refractivity contribution in [1.29, 1.82) is 0 Å². The molecule has 0 saturated heterocycles. The van der Waals surface area contributed by atoms with Gasteiger partial charge in [0.1, 0.15) is 0 Å². The molecule has 3 nitrogen and oxygen atoms in total. The van der Waals surface area contributed by atoms with Gasteiger partial charge in [0.05, 0.1) is 0 Å². The first-order valence-electron chi connectivity index (χ1n) is 8.85. The van der Waals surface area contributed by atoms with E-state index in [1.165, 1.54) is 70.6 Å². The number of carbonyl (C=O) groups is 1. The lowest BCUT2D eigenvalue weighted by atomic mass is 10.1. The Kier molecular flexibility index (Phi) is 22.1. The van der Waals surface area contributed by atoms with Crippen molar-refractivity contribution < 1.29 is 9.63 Å². The van der Waals surface area contributed by atoms with Gasteiger partial charge in [0.25, 0.3) is 0 Å². The predicted octanol–water partition coefficient (Wildman–Crippen LogP) is 5.86. The van der Waals surface area contributed by atoms with Crippen molar-refractivity contribution in [1.82, 2.24) is 0 Å². The Balaban J connectivity index is 0. The minimum absolute atomic E-state index is 0. The summed E-state index contributed by atoms with van der Waals surface area (Å²) in [4.78, 5) is 14.9. The molecular formula is C18H36ClNO2. The number of hydrogen-bond acceptors (Lipinski definition) is 3. The van der Waals surface area contributed by atoms with E-state index in [1.54, 1.807) is 0 Å². The van der Waals surface area contributed by atoms with Crippen LogP contribution in [0.25, 0.3) is 0 Å². The minimum atomic E-state index is -0.298. The van der Waals surface area contributed by atoms with E-state index in [-0.39, 0.29) is 18.4 Å². The number of unbranched alkanes of at least 4 members (excludes halogenated alkanes) is 11. The van der Waals surface area contributed by atoms with Gasteiger partial charge in [-0.3, -0.25) is 4.79 Å². The van der Waals surface area contributed by atoms with Crippen molar-refractivity contribution in [2.45, 2.75) is 96.8 Å². The van der Waals surface area contributed by atoms with E-state index in [0.717, 1.165) is 12.8 Å². The van der Waals surface area contributed by atoms with Gasteiger partial charge < -0.3 is 4.84 Å². The molecule has 0 unspecified atom stereocenters. The highest BCUT2D eigenvalue weighted by atomic mass is 35.5. The Morgan fingerprint density at radius 3 is 1.77 bits per heavy atom. The van der Waals surface area contributed by atoms with Crippen LogP contribution in [0.4, 0.5) is 0 Å². The van der Waals surface area contributed by atoms with Gasteiger partial charge in [0.2, 0.25) is 0 Å². The zero-order valence-electron chi connectivity index (χ0n) is 14.4. The lowest BCUT2D eigenvalue weighted by Gasteiger charge is -2.00. The Hall–Kier alpha value is -0.540. The number of carbonyl (C=O) groups excluding carboxylic acids is 1. The molecule has 22 heavy (non-hydrogen) atoms. The van der Waals surface area contributed by atoms with Crippen LogP contribution in [-0.2, 0) is 9.63 Å². The monoisotopic (exact) mass is 333 g/mol. The van der Waals surface area contributed by atoms with Gasteiger partial charge in [-0.15, -0.1) is 12.4 Å². The summed E-state index contributed by atoms with van der Waals surface area (Å²) < 4.78 is 0. The molecule has 0 aliphatic carbocycles. The molecule has 0 amide bonds. The van der Waals surface area contributed by atoms with Gasteiger partial charge in [-0.2, -0.15) is 5.90 Å². The van der Waals surface area contributed by atoms with E-state index < -0.39 is 0 Å². The van der Waals surface area contributed by atoms with Crippen molar-refractivity contribution in [2.24, 2.45) is 5.90 Å². The van der Waals surface area contributed by atoms with Gasteiger partial charge in [-0.05, 0) is 32.1 Å². The molecule has 132 valence electrons. The fourth-order valence-electron chi connectivity index (χ4n) is 2.40. The Morgan fingerprint density at radius 2 is 1.27 bits per heavy atom. The molecule has 0 spiro atoms. The summed E-state index contributed by atoms with van der Waals surface area (Å²) in [5.74, 6) is 4.48. The summed E-state index contributed by atoms with van der Waals surface area (Å²) in [7, 11) is 0. The molecule has 0 aliphatic rings. The summed E-state index contributed by atoms with van der Waals surface area (Å²) >= 11 is 0. The zero-order chi connectivity index (χ0) is 15.6. The van der Waals surface area contributed by atoms with Crippen LogP contribution >= 0.6 is 12.4 Å². The summed E-state index contributed by atoms with van der Waals surface area (Å²) in [5.41, 5.74) is 0. The maximum Gasteiger partial charge on any atom is 0.324 e. The summed E-state index contributed by atoms with van der Waals surface area (Å²) in [5, 5.41) is 0. The maximum absolute atomic E-state index is 10.8. The fraction of sp³-hybridized carbons (Fsp3) is 0.833. The number of rotatable bonds is 15. The van der Waals surface area contributed by atoms with Crippen molar-refractivity contribution in [2.75, 3.05) is 0 Å². The van der Waals surface area contributed by atoms with Crippen LogP contribution in [0.2, 0.25) is 0 Å². The van der Waals surface area contributed by atoms with E-state index in [9.17, 15) is 4.79 Å². The van der Waals surface area contributed by atoms with Crippen molar-refractivity contribution in [3.05, 3.63) is 12.2 Å². The molecule has 0 aromatic carbocycles. The molecule has 2 N–H and O–H groups in total. The van der Waals surface area contributed by atoms with Crippen LogP contribution in [0.3, 0.4) is 0 Å². The Morgan fingerprint density at radius 1 is 0.818 bits per heavy atom. The molecule has 0 heterocycles. The van der Waals surface area contributed by atoms with Crippen LogP contribution < -0.4 is 5.90 Å². The van der Waals surface area contributed by atoms with Gasteiger partial charge >= 0.3 is 5.97 Å². The first-order chi connectivity index (χ1) is 10.3. The molecular weight excluding hydrogens is 298 g/mol. The average molecular weight is 334 g/mol. The molecule has 0 aromatic heterocycles. The Bertz CT molecular complexity index is 257. The summed E-state index contributed by atoms with van der Waals surface area (Å²) in [6.07, 6.45) is 21.5. The quantitative estimate of drug-likeness (QED) is 0.232. The second-order valence-corrected chi connectivity index (χ2v) is 5.82. The SMILES string of the molecule is CCCCCCCC/C=C\CCCCCCCC(=O)ON.Cl. The third kappa shape index (κ3) is 19.5. The first-order valence-corrected chi connectivity index (χ1v) is 8.85. The van der Waals surface area contributed by atoms with Crippen LogP contribution in [0.1, 0.15) is 96.8 Å². The molecule has 4 heteroatoms. The molecule has 0 saturated carbocycles. The van der Waals surface area contributed by atoms with Crippen LogP contribution in [0.15, 0.2) is 12.2 Å². The smallest absolute Gasteiger partial charge is 0.324 e. The molecule has 0 aliphatic heterocycles. The van der Waals surface area contributed by atoms with E-state index in [4.69, 9.17) is 5.90 Å². The molecule has 0 bridgehead atoms. The largest absolute Gasteiger partial charge is 0.373 e. The van der Waals surface area contributed by atoms with Gasteiger partial charge in [-0.25, -0.2) is 0 Å². The van der Waals surface area contributed by atoms with Crippen LogP contribution in [0, 0.1) is 0 Å². The number of halogens is 1. The van der Waals surface area contributed by atoms with Gasteiger partial charge in [0.15, 0.2) is 0 Å².